The smallest absolute Gasteiger partial charge is 0.341 e. The number of aliphatic carboxylic acids is 1. The van der Waals surface area contributed by atoms with Gasteiger partial charge in [0.25, 0.3) is 0 Å². The summed E-state index contributed by atoms with van der Waals surface area (Å²) in [6.45, 7) is 3.36. The van der Waals surface area contributed by atoms with Crippen LogP contribution in [0.1, 0.15) is 11.4 Å². The summed E-state index contributed by atoms with van der Waals surface area (Å²) in [4.78, 5) is 30.9. The van der Waals surface area contributed by atoms with Gasteiger partial charge in [0.1, 0.15) is 5.75 Å². The maximum absolute atomic E-state index is 12.0. The van der Waals surface area contributed by atoms with Crippen molar-refractivity contribution in [1.29, 1.82) is 0 Å². The van der Waals surface area contributed by atoms with Gasteiger partial charge < -0.3 is 15.2 Å². The number of benzene rings is 1. The molecule has 0 radical (unpaired) electrons. The average molecular weight is 347 g/mol. The molecule has 2 N–H and O–H groups in total. The molecule has 8 heteroatoms. The van der Waals surface area contributed by atoms with Crippen LogP contribution in [0.2, 0.25) is 0 Å². The zero-order chi connectivity index (χ0) is 17.5. The lowest BCUT2D eigenvalue weighted by molar-refractivity contribution is -0.139. The third-order valence-corrected chi connectivity index (χ3v) is 3.64. The van der Waals surface area contributed by atoms with Gasteiger partial charge in [0.05, 0.1) is 5.75 Å². The van der Waals surface area contributed by atoms with Crippen LogP contribution < -0.4 is 10.1 Å². The number of nitrogens with zero attached hydrogens (tertiary/aromatic N) is 2. The highest BCUT2D eigenvalue weighted by Crippen LogP contribution is 2.17. The second kappa shape index (κ2) is 8.30. The predicted molar refractivity (Wildman–Crippen MR) is 90.4 cm³/mol. The predicted octanol–water partition coefficient (Wildman–Crippen LogP) is 2.29. The van der Waals surface area contributed by atoms with E-state index in [0.29, 0.717) is 16.6 Å². The Morgan fingerprint density at radius 3 is 2.38 bits per heavy atom. The number of anilines is 1. The fourth-order valence-electron chi connectivity index (χ4n) is 1.86. The van der Waals surface area contributed by atoms with Gasteiger partial charge >= 0.3 is 5.97 Å². The molecule has 2 aromatic rings. The summed E-state index contributed by atoms with van der Waals surface area (Å²) in [5.74, 6) is -0.603. The van der Waals surface area contributed by atoms with E-state index in [1.165, 1.54) is 11.8 Å². The molecular formula is C16H17N3O4S. The Balaban J connectivity index is 1.84. The number of hydrogen-bond donors (Lipinski definition) is 2. The molecule has 0 unspecified atom stereocenters. The van der Waals surface area contributed by atoms with Gasteiger partial charge in [-0.15, -0.1) is 0 Å². The molecule has 7 nitrogen and oxygen atoms in total. The lowest BCUT2D eigenvalue weighted by Gasteiger charge is -2.07. The summed E-state index contributed by atoms with van der Waals surface area (Å²) in [6.07, 6.45) is 0. The monoisotopic (exact) mass is 347 g/mol. The van der Waals surface area contributed by atoms with Gasteiger partial charge in [0, 0.05) is 17.1 Å². The van der Waals surface area contributed by atoms with Crippen molar-refractivity contribution in [2.24, 2.45) is 0 Å². The molecular weight excluding hydrogens is 330 g/mol. The number of aromatic nitrogens is 2. The van der Waals surface area contributed by atoms with E-state index in [0.717, 1.165) is 11.4 Å². The molecule has 0 atom stereocenters. The van der Waals surface area contributed by atoms with Crippen molar-refractivity contribution in [2.75, 3.05) is 17.7 Å². The lowest BCUT2D eigenvalue weighted by Crippen LogP contribution is -2.14. The van der Waals surface area contributed by atoms with E-state index < -0.39 is 12.6 Å². The van der Waals surface area contributed by atoms with Gasteiger partial charge in [0.2, 0.25) is 5.91 Å². The third-order valence-electron chi connectivity index (χ3n) is 2.79. The van der Waals surface area contributed by atoms with Crippen molar-refractivity contribution in [3.8, 4) is 5.75 Å². The molecule has 0 aliphatic heterocycles. The first-order chi connectivity index (χ1) is 11.4. The number of ether oxygens (including phenoxy) is 1. The van der Waals surface area contributed by atoms with E-state index in [1.54, 1.807) is 24.3 Å². The number of amides is 1. The van der Waals surface area contributed by atoms with Crippen LogP contribution in [0.4, 0.5) is 5.69 Å². The molecule has 0 spiro atoms. The minimum atomic E-state index is -1.04. The number of carbonyl (C=O) groups excluding carboxylic acids is 1. The van der Waals surface area contributed by atoms with Crippen LogP contribution >= 0.6 is 11.8 Å². The van der Waals surface area contributed by atoms with Crippen molar-refractivity contribution in [3.05, 3.63) is 41.7 Å². The van der Waals surface area contributed by atoms with E-state index in [1.807, 2.05) is 19.9 Å². The van der Waals surface area contributed by atoms with Crippen molar-refractivity contribution in [3.63, 3.8) is 0 Å². The summed E-state index contributed by atoms with van der Waals surface area (Å²) in [5, 5.41) is 11.9. The van der Waals surface area contributed by atoms with E-state index in [2.05, 4.69) is 15.3 Å². The second-order valence-corrected chi connectivity index (χ2v) is 5.92. The fourth-order valence-corrected chi connectivity index (χ4v) is 2.61. The van der Waals surface area contributed by atoms with Crippen LogP contribution in [-0.4, -0.2) is 39.3 Å². The van der Waals surface area contributed by atoms with Crippen LogP contribution in [0.15, 0.2) is 35.5 Å². The van der Waals surface area contributed by atoms with E-state index in [-0.39, 0.29) is 11.7 Å². The van der Waals surface area contributed by atoms with Crippen LogP contribution in [0.3, 0.4) is 0 Å². The summed E-state index contributed by atoms with van der Waals surface area (Å²) < 4.78 is 5.02. The minimum absolute atomic E-state index is 0.179. The zero-order valence-corrected chi connectivity index (χ0v) is 14.1. The topological polar surface area (TPSA) is 101 Å². The number of aryl methyl sites for hydroxylation is 2. The molecule has 0 aliphatic rings. The second-order valence-electron chi connectivity index (χ2n) is 4.98. The average Bonchev–Trinajstić information content (AvgIpc) is 2.51. The number of carboxylic acids is 1. The highest BCUT2D eigenvalue weighted by atomic mass is 32.2. The molecule has 0 bridgehead atoms. The summed E-state index contributed by atoms with van der Waals surface area (Å²) in [6, 6.07) is 8.36. The van der Waals surface area contributed by atoms with Gasteiger partial charge in [-0.25, -0.2) is 14.8 Å². The number of nitrogens with one attached hydrogen (secondary N) is 1. The number of rotatable bonds is 7. The molecule has 0 aliphatic carbocycles. The Morgan fingerprint density at radius 1 is 1.17 bits per heavy atom. The molecule has 0 fully saturated rings. The molecule has 1 aromatic heterocycles. The first-order valence-electron chi connectivity index (χ1n) is 7.12. The van der Waals surface area contributed by atoms with Gasteiger partial charge in [-0.05, 0) is 44.2 Å². The largest absolute Gasteiger partial charge is 0.482 e. The lowest BCUT2D eigenvalue weighted by atomic mass is 10.3. The fraction of sp³-hybridized carbons (Fsp3) is 0.250. The number of thioether (sulfide) groups is 1. The Morgan fingerprint density at radius 2 is 1.79 bits per heavy atom. The van der Waals surface area contributed by atoms with Gasteiger partial charge in [0.15, 0.2) is 11.8 Å². The van der Waals surface area contributed by atoms with E-state index >= 15 is 0 Å². The van der Waals surface area contributed by atoms with Crippen molar-refractivity contribution < 1.29 is 19.4 Å². The molecule has 1 aromatic carbocycles. The molecule has 1 amide bonds. The zero-order valence-electron chi connectivity index (χ0n) is 13.3. The Kier molecular flexibility index (Phi) is 6.14. The number of carbonyl (C=O) groups is 2. The molecule has 126 valence electrons. The highest BCUT2D eigenvalue weighted by molar-refractivity contribution is 7.99. The molecule has 2 rings (SSSR count). The minimum Gasteiger partial charge on any atom is -0.482 e. The van der Waals surface area contributed by atoms with Crippen LogP contribution in [-0.2, 0) is 9.59 Å². The number of carboxylic acid groups (broad SMARTS) is 1. The van der Waals surface area contributed by atoms with Crippen molar-refractivity contribution in [2.45, 2.75) is 19.0 Å². The van der Waals surface area contributed by atoms with Crippen LogP contribution in [0, 0.1) is 13.8 Å². The first kappa shape index (κ1) is 17.7. The Labute approximate surface area is 143 Å². The Hall–Kier alpha value is -2.61. The van der Waals surface area contributed by atoms with E-state index in [4.69, 9.17) is 9.84 Å². The maximum Gasteiger partial charge on any atom is 0.341 e. The van der Waals surface area contributed by atoms with Crippen molar-refractivity contribution in [1.82, 2.24) is 9.97 Å². The third kappa shape index (κ3) is 5.88. The molecule has 0 saturated carbocycles. The van der Waals surface area contributed by atoms with Gasteiger partial charge in [-0.3, -0.25) is 4.79 Å². The molecule has 1 heterocycles. The van der Waals surface area contributed by atoms with Gasteiger partial charge in [-0.2, -0.15) is 0 Å². The summed E-state index contributed by atoms with van der Waals surface area (Å²) in [7, 11) is 0. The van der Waals surface area contributed by atoms with Gasteiger partial charge in [-0.1, -0.05) is 11.8 Å². The SMILES string of the molecule is Cc1cc(C)nc(SCC(=O)Nc2ccc(OCC(=O)O)cc2)n1. The summed E-state index contributed by atoms with van der Waals surface area (Å²) in [5.41, 5.74) is 2.33. The molecule has 24 heavy (non-hydrogen) atoms. The quantitative estimate of drug-likeness (QED) is 0.585. The highest BCUT2D eigenvalue weighted by Gasteiger charge is 2.07. The standard InChI is InChI=1S/C16H17N3O4S/c1-10-7-11(2)18-16(17-10)24-9-14(20)19-12-3-5-13(6-4-12)23-8-15(21)22/h3-7H,8-9H2,1-2H3,(H,19,20)(H,21,22). The molecule has 0 saturated heterocycles. The van der Waals surface area contributed by atoms with Crippen LogP contribution in [0.25, 0.3) is 0 Å². The van der Waals surface area contributed by atoms with Crippen molar-refractivity contribution >= 4 is 29.3 Å². The maximum atomic E-state index is 12.0. The van der Waals surface area contributed by atoms with E-state index in [9.17, 15) is 9.59 Å². The Bertz CT molecular complexity index is 714. The number of hydrogen-bond acceptors (Lipinski definition) is 6. The van der Waals surface area contributed by atoms with Crippen LogP contribution in [0.5, 0.6) is 5.75 Å². The summed E-state index contributed by atoms with van der Waals surface area (Å²) >= 11 is 1.27. The first-order valence-corrected chi connectivity index (χ1v) is 8.10. The normalized spacial score (nSPS) is 10.2.